The molecule has 0 aliphatic rings. The lowest BCUT2D eigenvalue weighted by molar-refractivity contribution is -0.158. The monoisotopic (exact) mass is 462 g/mol. The Balaban J connectivity index is 1.88. The van der Waals surface area contributed by atoms with Crippen LogP contribution in [0.2, 0.25) is 0 Å². The summed E-state index contributed by atoms with van der Waals surface area (Å²) >= 11 is 0. The molecule has 0 aliphatic heterocycles. The van der Waals surface area contributed by atoms with Crippen LogP contribution in [0, 0.1) is 0 Å². The van der Waals surface area contributed by atoms with Crippen LogP contribution in [-0.2, 0) is 23.1 Å². The average molecular weight is 463 g/mol. The zero-order valence-corrected chi connectivity index (χ0v) is 18.6. The number of nitrogens with zero attached hydrogens (tertiary/aromatic N) is 2. The molecule has 0 spiro atoms. The maximum absolute atomic E-state index is 13.4. The third-order valence-corrected chi connectivity index (χ3v) is 6.22. The number of halogens is 2. The van der Waals surface area contributed by atoms with Crippen molar-refractivity contribution in [2.75, 3.05) is 6.61 Å². The second-order valence-corrected chi connectivity index (χ2v) is 8.99. The fourth-order valence-corrected chi connectivity index (χ4v) is 4.39. The third-order valence-electron chi connectivity index (χ3n) is 4.42. The number of hydrogen-bond donors (Lipinski definition) is 0. The van der Waals surface area contributed by atoms with Gasteiger partial charge in [0.15, 0.2) is 0 Å². The number of sulfonamides is 1. The molecule has 32 heavy (non-hydrogen) atoms. The van der Waals surface area contributed by atoms with E-state index in [4.69, 9.17) is 4.74 Å². The van der Waals surface area contributed by atoms with Crippen molar-refractivity contribution in [1.29, 1.82) is 0 Å². The van der Waals surface area contributed by atoms with Gasteiger partial charge in [-0.3, -0.25) is 4.98 Å². The van der Waals surface area contributed by atoms with E-state index in [-0.39, 0.29) is 23.7 Å². The van der Waals surface area contributed by atoms with E-state index in [2.05, 4.69) is 9.72 Å². The molecule has 1 aromatic heterocycles. The first-order valence-electron chi connectivity index (χ1n) is 9.96. The predicted octanol–water partition coefficient (Wildman–Crippen LogP) is 4.86. The number of ether oxygens (including phenoxy) is 2. The molecule has 3 rings (SSSR count). The van der Waals surface area contributed by atoms with Crippen molar-refractivity contribution >= 4 is 10.0 Å². The fourth-order valence-electron chi connectivity index (χ4n) is 3.00. The van der Waals surface area contributed by atoms with E-state index in [1.165, 1.54) is 28.6 Å². The van der Waals surface area contributed by atoms with E-state index < -0.39 is 16.1 Å². The van der Waals surface area contributed by atoms with Crippen LogP contribution in [0.4, 0.5) is 8.78 Å². The Hall–Kier alpha value is -3.04. The van der Waals surface area contributed by atoms with E-state index >= 15 is 0 Å². The van der Waals surface area contributed by atoms with Gasteiger partial charge in [-0.25, -0.2) is 8.42 Å². The predicted molar refractivity (Wildman–Crippen MR) is 116 cm³/mol. The van der Waals surface area contributed by atoms with Gasteiger partial charge in [0.2, 0.25) is 10.0 Å². The smallest absolute Gasteiger partial charge is 0.394 e. The lowest BCUT2D eigenvalue weighted by Crippen LogP contribution is -2.30. The van der Waals surface area contributed by atoms with Crippen LogP contribution in [0.5, 0.6) is 11.5 Å². The molecular weight excluding hydrogens is 438 g/mol. The first-order chi connectivity index (χ1) is 15.2. The molecule has 6 nitrogen and oxygen atoms in total. The summed E-state index contributed by atoms with van der Waals surface area (Å²) < 4.78 is 64.1. The van der Waals surface area contributed by atoms with Crippen LogP contribution in [0.3, 0.4) is 0 Å². The molecule has 170 valence electrons. The summed E-state index contributed by atoms with van der Waals surface area (Å²) in [4.78, 5) is 4.34. The molecule has 0 amide bonds. The van der Waals surface area contributed by atoms with Crippen molar-refractivity contribution in [3.8, 4) is 11.5 Å². The largest absolute Gasteiger partial charge is 0.494 e. The van der Waals surface area contributed by atoms with Gasteiger partial charge in [-0.1, -0.05) is 18.2 Å². The maximum Gasteiger partial charge on any atom is 0.394 e. The van der Waals surface area contributed by atoms with Crippen molar-refractivity contribution in [1.82, 2.24) is 9.29 Å². The maximum atomic E-state index is 13.4. The van der Waals surface area contributed by atoms with Crippen LogP contribution in [0.1, 0.15) is 25.1 Å². The van der Waals surface area contributed by atoms with Gasteiger partial charge in [-0.2, -0.15) is 13.1 Å². The highest BCUT2D eigenvalue weighted by Crippen LogP contribution is 2.25. The highest BCUT2D eigenvalue weighted by Gasteiger charge is 2.26. The lowest BCUT2D eigenvalue weighted by Gasteiger charge is -2.22. The molecule has 0 bridgehead atoms. The van der Waals surface area contributed by atoms with Gasteiger partial charge in [0.1, 0.15) is 11.5 Å². The highest BCUT2D eigenvalue weighted by molar-refractivity contribution is 7.89. The number of rotatable bonds is 10. The van der Waals surface area contributed by atoms with E-state index in [9.17, 15) is 17.2 Å². The van der Waals surface area contributed by atoms with Crippen LogP contribution >= 0.6 is 0 Å². The summed E-state index contributed by atoms with van der Waals surface area (Å²) in [7, 11) is -3.88. The zero-order chi connectivity index (χ0) is 23.2. The van der Waals surface area contributed by atoms with Crippen LogP contribution in [-0.4, -0.2) is 30.4 Å². The second kappa shape index (κ2) is 10.1. The van der Waals surface area contributed by atoms with Gasteiger partial charge in [-0.15, -0.1) is 0 Å². The molecule has 9 heteroatoms. The number of alkyl halides is 2. The summed E-state index contributed by atoms with van der Waals surface area (Å²) in [5.74, 6) is 0.568. The summed E-state index contributed by atoms with van der Waals surface area (Å²) in [6.45, 7) is 3.04. The molecule has 2 aromatic carbocycles. The summed E-state index contributed by atoms with van der Waals surface area (Å²) in [6.07, 6.45) is -1.71. The standard InChI is InChI=1S/C23H24F2N2O4S/c1-3-30-20-11-13-22(14-12-20)32(28,29)27(17-19-6-4-5-15-26-19)16-18-7-9-21(10-8-18)31-23(2,24)25/h4-15H,3,16-17H2,1-2H3. The quantitative estimate of drug-likeness (QED) is 0.430. The second-order valence-electron chi connectivity index (χ2n) is 7.05. The minimum atomic E-state index is -3.88. The van der Waals surface area contributed by atoms with Crippen LogP contribution in [0.15, 0.2) is 77.8 Å². The van der Waals surface area contributed by atoms with Crippen LogP contribution < -0.4 is 9.47 Å². The summed E-state index contributed by atoms with van der Waals surface area (Å²) in [5, 5.41) is 0. The van der Waals surface area contributed by atoms with Crippen molar-refractivity contribution in [2.24, 2.45) is 0 Å². The van der Waals surface area contributed by atoms with Gasteiger partial charge in [-0.05, 0) is 61.0 Å². The SMILES string of the molecule is CCOc1ccc(S(=O)(=O)N(Cc2ccc(OC(C)(F)F)cc2)Cc2ccccn2)cc1. The highest BCUT2D eigenvalue weighted by atomic mass is 32.2. The summed E-state index contributed by atoms with van der Waals surface area (Å²) in [6, 6.07) is 17.3. The average Bonchev–Trinajstić information content (AvgIpc) is 2.75. The molecule has 0 unspecified atom stereocenters. The Morgan fingerprint density at radius 1 is 0.938 bits per heavy atom. The van der Waals surface area contributed by atoms with E-state index in [1.54, 1.807) is 48.7 Å². The Kier molecular flexibility index (Phi) is 7.42. The first kappa shape index (κ1) is 23.6. The molecule has 0 fully saturated rings. The minimum Gasteiger partial charge on any atom is -0.494 e. The molecule has 0 N–H and O–H groups in total. The molecule has 0 saturated carbocycles. The van der Waals surface area contributed by atoms with E-state index in [0.717, 1.165) is 0 Å². The molecule has 0 radical (unpaired) electrons. The first-order valence-corrected chi connectivity index (χ1v) is 11.4. The zero-order valence-electron chi connectivity index (χ0n) is 17.7. The van der Waals surface area contributed by atoms with Gasteiger partial charge in [0.25, 0.3) is 0 Å². The van der Waals surface area contributed by atoms with Crippen molar-refractivity contribution in [2.45, 2.75) is 37.9 Å². The van der Waals surface area contributed by atoms with Crippen molar-refractivity contribution in [3.63, 3.8) is 0 Å². The topological polar surface area (TPSA) is 68.7 Å². The van der Waals surface area contributed by atoms with Crippen molar-refractivity contribution in [3.05, 3.63) is 84.2 Å². The van der Waals surface area contributed by atoms with Gasteiger partial charge < -0.3 is 9.47 Å². The number of aromatic nitrogens is 1. The number of benzene rings is 2. The minimum absolute atomic E-state index is 0.00750. The van der Waals surface area contributed by atoms with Gasteiger partial charge in [0.05, 0.1) is 23.7 Å². The van der Waals surface area contributed by atoms with Gasteiger partial charge >= 0.3 is 6.11 Å². The molecule has 0 saturated heterocycles. The van der Waals surface area contributed by atoms with E-state index in [1.807, 2.05) is 6.92 Å². The summed E-state index contributed by atoms with van der Waals surface area (Å²) in [5.41, 5.74) is 1.19. The third kappa shape index (κ3) is 6.48. The number of pyridine rings is 1. The van der Waals surface area contributed by atoms with Gasteiger partial charge in [0, 0.05) is 19.7 Å². The fraction of sp³-hybridized carbons (Fsp3) is 0.261. The molecule has 0 aliphatic carbocycles. The molecular formula is C23H24F2N2O4S. The molecule has 0 atom stereocenters. The Morgan fingerprint density at radius 2 is 1.59 bits per heavy atom. The Labute approximate surface area is 186 Å². The number of hydrogen-bond acceptors (Lipinski definition) is 5. The molecule has 1 heterocycles. The van der Waals surface area contributed by atoms with Crippen molar-refractivity contribution < 1.29 is 26.7 Å². The lowest BCUT2D eigenvalue weighted by atomic mass is 10.2. The van der Waals surface area contributed by atoms with Crippen LogP contribution in [0.25, 0.3) is 0 Å². The Bertz CT molecular complexity index is 1100. The molecule has 3 aromatic rings. The van der Waals surface area contributed by atoms with E-state index in [0.29, 0.717) is 30.5 Å². The normalized spacial score (nSPS) is 12.0. The Morgan fingerprint density at radius 3 is 2.16 bits per heavy atom.